The van der Waals surface area contributed by atoms with Crippen LogP contribution in [0, 0.1) is 24.2 Å². The molecule has 1 saturated heterocycles. The first kappa shape index (κ1) is 19.2. The molecule has 1 aromatic rings. The van der Waals surface area contributed by atoms with Crippen molar-refractivity contribution in [1.82, 2.24) is 9.62 Å². The molecule has 132 valence electrons. The van der Waals surface area contributed by atoms with Gasteiger partial charge in [0.25, 0.3) is 0 Å². The number of hydrogen-bond acceptors (Lipinski definition) is 4. The zero-order valence-corrected chi connectivity index (χ0v) is 15.5. The lowest BCUT2D eigenvalue weighted by Gasteiger charge is -2.32. The smallest absolute Gasteiger partial charge is 0.243 e. The number of nitrogens with one attached hydrogen (secondary N) is 1. The van der Waals surface area contributed by atoms with Crippen LogP contribution in [0.2, 0.25) is 0 Å². The molecule has 24 heavy (non-hydrogen) atoms. The molecular weight excluding hydrogens is 346 g/mol. The maximum absolute atomic E-state index is 12.9. The lowest BCUT2D eigenvalue weighted by Crippen LogP contribution is -2.45. The second kappa shape index (κ2) is 7.83. The van der Waals surface area contributed by atoms with Crippen LogP contribution in [0.1, 0.15) is 36.8 Å². The molecule has 0 atom stereocenters. The van der Waals surface area contributed by atoms with Crippen LogP contribution in [0.5, 0.6) is 0 Å². The molecule has 1 aliphatic carbocycles. The highest BCUT2D eigenvalue weighted by Gasteiger charge is 2.31. The van der Waals surface area contributed by atoms with Crippen molar-refractivity contribution < 1.29 is 8.42 Å². The van der Waals surface area contributed by atoms with Gasteiger partial charge in [0.2, 0.25) is 10.0 Å². The Labute approximate surface area is 150 Å². The summed E-state index contributed by atoms with van der Waals surface area (Å²) in [6, 6.07) is 7.29. The Morgan fingerprint density at radius 2 is 1.92 bits per heavy atom. The van der Waals surface area contributed by atoms with Gasteiger partial charge in [0.05, 0.1) is 16.5 Å². The van der Waals surface area contributed by atoms with Gasteiger partial charge in [-0.3, -0.25) is 0 Å². The minimum atomic E-state index is -3.51. The molecule has 1 saturated carbocycles. The van der Waals surface area contributed by atoms with Gasteiger partial charge in [-0.15, -0.1) is 12.4 Å². The normalized spacial score (nSPS) is 19.5. The van der Waals surface area contributed by atoms with E-state index < -0.39 is 10.0 Å². The monoisotopic (exact) mass is 369 g/mol. The first-order valence-corrected chi connectivity index (χ1v) is 9.69. The van der Waals surface area contributed by atoms with Gasteiger partial charge in [0, 0.05) is 19.1 Å². The summed E-state index contributed by atoms with van der Waals surface area (Å²) < 4.78 is 27.3. The van der Waals surface area contributed by atoms with E-state index in [1.807, 2.05) is 6.07 Å². The Morgan fingerprint density at radius 3 is 2.50 bits per heavy atom. The first-order chi connectivity index (χ1) is 11.0. The lowest BCUT2D eigenvalue weighted by molar-refractivity contribution is 0.288. The van der Waals surface area contributed by atoms with Crippen LogP contribution in [0.15, 0.2) is 23.1 Å². The maximum Gasteiger partial charge on any atom is 0.243 e. The second-order valence-corrected chi connectivity index (χ2v) is 8.53. The van der Waals surface area contributed by atoms with E-state index in [0.717, 1.165) is 25.3 Å². The van der Waals surface area contributed by atoms with Crippen molar-refractivity contribution in [1.29, 1.82) is 5.26 Å². The summed E-state index contributed by atoms with van der Waals surface area (Å²) in [6.07, 6.45) is 4.36. The van der Waals surface area contributed by atoms with E-state index in [2.05, 4.69) is 5.32 Å². The molecule has 3 rings (SSSR count). The van der Waals surface area contributed by atoms with Crippen molar-refractivity contribution in [3.05, 3.63) is 29.3 Å². The van der Waals surface area contributed by atoms with Crippen LogP contribution in [0.4, 0.5) is 0 Å². The fourth-order valence-electron chi connectivity index (χ4n) is 3.04. The van der Waals surface area contributed by atoms with E-state index in [0.29, 0.717) is 30.3 Å². The summed E-state index contributed by atoms with van der Waals surface area (Å²) in [5.74, 6) is 0.841. The van der Waals surface area contributed by atoms with Crippen LogP contribution in [0.25, 0.3) is 0 Å². The molecule has 1 N–H and O–H groups in total. The second-order valence-electron chi connectivity index (χ2n) is 6.62. The number of benzene rings is 1. The van der Waals surface area contributed by atoms with Gasteiger partial charge in [-0.1, -0.05) is 6.07 Å². The predicted octanol–water partition coefficient (Wildman–Crippen LogP) is 2.44. The Hall–Kier alpha value is -1.13. The first-order valence-electron chi connectivity index (χ1n) is 8.25. The van der Waals surface area contributed by atoms with Crippen molar-refractivity contribution in [3.63, 3.8) is 0 Å². The zero-order chi connectivity index (χ0) is 16.4. The van der Waals surface area contributed by atoms with Crippen molar-refractivity contribution in [3.8, 4) is 6.07 Å². The Bertz CT molecular complexity index is 718. The number of hydrogen-bond donors (Lipinski definition) is 1. The van der Waals surface area contributed by atoms with Crippen LogP contribution in [0.3, 0.4) is 0 Å². The number of nitrogens with zero attached hydrogens (tertiary/aromatic N) is 2. The van der Waals surface area contributed by atoms with Gasteiger partial charge < -0.3 is 5.32 Å². The average molecular weight is 370 g/mol. The lowest BCUT2D eigenvalue weighted by atomic mass is 10.1. The van der Waals surface area contributed by atoms with E-state index in [9.17, 15) is 8.42 Å². The zero-order valence-electron chi connectivity index (χ0n) is 13.9. The van der Waals surface area contributed by atoms with Crippen molar-refractivity contribution in [2.24, 2.45) is 5.92 Å². The average Bonchev–Trinajstić information content (AvgIpc) is 3.38. The minimum absolute atomic E-state index is 0. The number of rotatable bonds is 5. The Kier molecular flexibility index (Phi) is 6.27. The summed E-state index contributed by atoms with van der Waals surface area (Å²) in [7, 11) is -3.51. The quantitative estimate of drug-likeness (QED) is 0.865. The molecule has 0 aromatic heterocycles. The highest BCUT2D eigenvalue weighted by atomic mass is 35.5. The van der Waals surface area contributed by atoms with Gasteiger partial charge >= 0.3 is 0 Å². The summed E-state index contributed by atoms with van der Waals surface area (Å²) in [6.45, 7) is 3.93. The molecule has 0 unspecified atom stereocenters. The molecule has 0 amide bonds. The number of piperidine rings is 1. The van der Waals surface area contributed by atoms with Crippen LogP contribution in [-0.2, 0) is 10.0 Å². The topological polar surface area (TPSA) is 73.2 Å². The van der Waals surface area contributed by atoms with Gasteiger partial charge in [0.1, 0.15) is 0 Å². The molecule has 0 bridgehead atoms. The fraction of sp³-hybridized carbons (Fsp3) is 0.588. The third-order valence-corrected chi connectivity index (χ3v) is 6.82. The molecule has 7 heteroatoms. The highest BCUT2D eigenvalue weighted by Crippen LogP contribution is 2.29. The molecule has 1 heterocycles. The van der Waals surface area contributed by atoms with Crippen LogP contribution < -0.4 is 5.32 Å². The van der Waals surface area contributed by atoms with E-state index in [4.69, 9.17) is 5.26 Å². The van der Waals surface area contributed by atoms with Crippen LogP contribution >= 0.6 is 12.4 Å². The van der Waals surface area contributed by atoms with Gasteiger partial charge in [0.15, 0.2) is 0 Å². The number of sulfonamides is 1. The van der Waals surface area contributed by atoms with Gasteiger partial charge in [-0.25, -0.2) is 8.42 Å². The molecule has 2 fully saturated rings. The predicted molar refractivity (Wildman–Crippen MR) is 95.6 cm³/mol. The third-order valence-electron chi connectivity index (χ3n) is 4.78. The summed E-state index contributed by atoms with van der Waals surface area (Å²) >= 11 is 0. The molecule has 1 aromatic carbocycles. The van der Waals surface area contributed by atoms with E-state index >= 15 is 0 Å². The van der Waals surface area contributed by atoms with Crippen molar-refractivity contribution >= 4 is 22.4 Å². The summed E-state index contributed by atoms with van der Waals surface area (Å²) in [5, 5.41) is 12.6. The SMILES string of the molecule is Cc1ccc(C#N)cc1S(=O)(=O)N1CCC(NCC2CC2)CC1.Cl. The van der Waals surface area contributed by atoms with E-state index in [1.54, 1.807) is 23.4 Å². The minimum Gasteiger partial charge on any atom is -0.314 e. The van der Waals surface area contributed by atoms with Gasteiger partial charge in [-0.2, -0.15) is 9.57 Å². The molecule has 0 spiro atoms. The molecule has 5 nitrogen and oxygen atoms in total. The van der Waals surface area contributed by atoms with Crippen molar-refractivity contribution in [2.75, 3.05) is 19.6 Å². The maximum atomic E-state index is 12.9. The Morgan fingerprint density at radius 1 is 1.25 bits per heavy atom. The number of aryl methyl sites for hydroxylation is 1. The largest absolute Gasteiger partial charge is 0.314 e. The van der Waals surface area contributed by atoms with Crippen LogP contribution in [-0.4, -0.2) is 38.4 Å². The molecule has 2 aliphatic rings. The fourth-order valence-corrected chi connectivity index (χ4v) is 4.76. The number of halogens is 1. The summed E-state index contributed by atoms with van der Waals surface area (Å²) in [4.78, 5) is 0.265. The molecule has 0 radical (unpaired) electrons. The Balaban J connectivity index is 0.00000208. The van der Waals surface area contributed by atoms with Gasteiger partial charge in [-0.05, 0) is 62.8 Å². The standard InChI is InChI=1S/C17H23N3O2S.ClH/c1-13-2-3-15(11-18)10-17(13)23(21,22)20-8-6-16(7-9-20)19-12-14-4-5-14;/h2-3,10,14,16,19H,4-9,12H2,1H3;1H. The van der Waals surface area contributed by atoms with E-state index in [-0.39, 0.29) is 17.3 Å². The van der Waals surface area contributed by atoms with Crippen molar-refractivity contribution in [2.45, 2.75) is 43.5 Å². The third kappa shape index (κ3) is 4.28. The molecule has 1 aliphatic heterocycles. The summed E-state index contributed by atoms with van der Waals surface area (Å²) in [5.41, 5.74) is 1.08. The van der Waals surface area contributed by atoms with E-state index in [1.165, 1.54) is 18.9 Å². The number of nitriles is 1. The highest BCUT2D eigenvalue weighted by molar-refractivity contribution is 7.89. The molecular formula is C17H24ClN3O2S.